The number of hydrogen-bond donors (Lipinski definition) is 1. The number of carbonyl (C=O) groups is 2. The van der Waals surface area contributed by atoms with Crippen LogP contribution < -0.4 is 5.32 Å². The molecule has 0 unspecified atom stereocenters. The molecule has 2 aromatic rings. The van der Waals surface area contributed by atoms with Crippen molar-refractivity contribution in [1.82, 2.24) is 9.21 Å². The smallest absolute Gasteiger partial charge is 0.242 e. The summed E-state index contributed by atoms with van der Waals surface area (Å²) in [5.74, 6) is -0.819. The SMILES string of the molecule is Cc1ccc(CN2C[C@@H](C(=O)Nc3cccc(S(=O)(=O)N(C)C)c3)CC2=O)cc1. The number of likely N-dealkylation sites (tertiary alicyclic amines) is 1. The van der Waals surface area contributed by atoms with E-state index in [9.17, 15) is 18.0 Å². The molecule has 1 saturated heterocycles. The summed E-state index contributed by atoms with van der Waals surface area (Å²) in [4.78, 5) is 26.8. The predicted octanol–water partition coefficient (Wildman–Crippen LogP) is 2.23. The Labute approximate surface area is 171 Å². The minimum atomic E-state index is -3.59. The van der Waals surface area contributed by atoms with Crippen LogP contribution in [0.15, 0.2) is 53.4 Å². The highest BCUT2D eigenvalue weighted by atomic mass is 32.2. The van der Waals surface area contributed by atoms with Gasteiger partial charge in [0.2, 0.25) is 21.8 Å². The number of benzene rings is 2. The predicted molar refractivity (Wildman–Crippen MR) is 111 cm³/mol. The van der Waals surface area contributed by atoms with E-state index in [1.165, 1.54) is 26.2 Å². The first-order valence-corrected chi connectivity index (χ1v) is 10.8. The summed E-state index contributed by atoms with van der Waals surface area (Å²) >= 11 is 0. The minimum Gasteiger partial charge on any atom is -0.338 e. The van der Waals surface area contributed by atoms with Gasteiger partial charge in [0.25, 0.3) is 0 Å². The number of rotatable bonds is 6. The van der Waals surface area contributed by atoms with Gasteiger partial charge in [-0.1, -0.05) is 35.9 Å². The van der Waals surface area contributed by atoms with Crippen LogP contribution in [-0.4, -0.2) is 50.1 Å². The van der Waals surface area contributed by atoms with Crippen LogP contribution in [0.3, 0.4) is 0 Å². The van der Waals surface area contributed by atoms with E-state index in [4.69, 9.17) is 0 Å². The molecule has 154 valence electrons. The lowest BCUT2D eigenvalue weighted by atomic mass is 10.1. The topological polar surface area (TPSA) is 86.8 Å². The van der Waals surface area contributed by atoms with Crippen LogP contribution in [0.4, 0.5) is 5.69 Å². The summed E-state index contributed by atoms with van der Waals surface area (Å²) in [6.07, 6.45) is 0.146. The van der Waals surface area contributed by atoms with Gasteiger partial charge in [-0.05, 0) is 30.7 Å². The lowest BCUT2D eigenvalue weighted by Crippen LogP contribution is -2.28. The summed E-state index contributed by atoms with van der Waals surface area (Å²) in [7, 11) is -0.686. The highest BCUT2D eigenvalue weighted by Gasteiger charge is 2.34. The van der Waals surface area contributed by atoms with Gasteiger partial charge in [0.1, 0.15) is 0 Å². The number of nitrogens with one attached hydrogen (secondary N) is 1. The Balaban J connectivity index is 1.66. The number of anilines is 1. The van der Waals surface area contributed by atoms with Crippen molar-refractivity contribution in [3.63, 3.8) is 0 Å². The summed E-state index contributed by atoms with van der Waals surface area (Å²) in [6, 6.07) is 14.1. The molecule has 1 aliphatic heterocycles. The largest absolute Gasteiger partial charge is 0.338 e. The molecule has 1 fully saturated rings. The average molecular weight is 416 g/mol. The standard InChI is InChI=1S/C21H25N3O4S/c1-15-7-9-16(10-8-15)13-24-14-17(11-20(24)25)21(26)22-18-5-4-6-19(12-18)29(27,28)23(2)3/h4-10,12,17H,11,13-14H2,1-3H3,(H,22,26)/t17-/m0/s1. The van der Waals surface area contributed by atoms with E-state index in [-0.39, 0.29) is 23.1 Å². The highest BCUT2D eigenvalue weighted by Crippen LogP contribution is 2.23. The van der Waals surface area contributed by atoms with Crippen LogP contribution in [0.5, 0.6) is 0 Å². The highest BCUT2D eigenvalue weighted by molar-refractivity contribution is 7.89. The Morgan fingerprint density at radius 3 is 2.52 bits per heavy atom. The quantitative estimate of drug-likeness (QED) is 0.784. The van der Waals surface area contributed by atoms with Crippen LogP contribution in [0.25, 0.3) is 0 Å². The molecule has 1 heterocycles. The normalized spacial score (nSPS) is 17.0. The number of hydrogen-bond acceptors (Lipinski definition) is 4. The van der Waals surface area contributed by atoms with E-state index in [1.807, 2.05) is 31.2 Å². The van der Waals surface area contributed by atoms with Crippen molar-refractivity contribution in [1.29, 1.82) is 0 Å². The molecule has 2 aromatic carbocycles. The van der Waals surface area contributed by atoms with Crippen molar-refractivity contribution in [3.05, 3.63) is 59.7 Å². The number of carbonyl (C=O) groups excluding carboxylic acids is 2. The maximum absolute atomic E-state index is 12.6. The zero-order valence-corrected chi connectivity index (χ0v) is 17.6. The summed E-state index contributed by atoms with van der Waals surface area (Å²) in [5, 5.41) is 2.75. The van der Waals surface area contributed by atoms with Crippen LogP contribution in [0.2, 0.25) is 0 Å². The Morgan fingerprint density at radius 1 is 1.17 bits per heavy atom. The molecule has 1 aliphatic rings. The molecule has 0 aromatic heterocycles. The molecule has 7 nitrogen and oxygen atoms in total. The Hall–Kier alpha value is -2.71. The molecule has 0 aliphatic carbocycles. The van der Waals surface area contributed by atoms with Gasteiger partial charge in [-0.3, -0.25) is 9.59 Å². The molecule has 2 amide bonds. The van der Waals surface area contributed by atoms with Gasteiger partial charge < -0.3 is 10.2 Å². The Morgan fingerprint density at radius 2 is 1.86 bits per heavy atom. The zero-order valence-electron chi connectivity index (χ0n) is 16.8. The number of amides is 2. The van der Waals surface area contributed by atoms with E-state index in [2.05, 4.69) is 5.32 Å². The van der Waals surface area contributed by atoms with Gasteiger partial charge >= 0.3 is 0 Å². The number of sulfonamides is 1. The fourth-order valence-electron chi connectivity index (χ4n) is 3.20. The molecule has 0 saturated carbocycles. The minimum absolute atomic E-state index is 0.0605. The van der Waals surface area contributed by atoms with E-state index in [0.717, 1.165) is 15.4 Å². The van der Waals surface area contributed by atoms with Crippen LogP contribution >= 0.6 is 0 Å². The molecule has 0 spiro atoms. The fraction of sp³-hybridized carbons (Fsp3) is 0.333. The summed E-state index contributed by atoms with van der Waals surface area (Å²) in [6.45, 7) is 2.82. The fourth-order valence-corrected chi connectivity index (χ4v) is 4.15. The zero-order chi connectivity index (χ0) is 21.2. The first-order chi connectivity index (χ1) is 13.7. The van der Waals surface area contributed by atoms with Gasteiger partial charge in [0.05, 0.1) is 10.8 Å². The van der Waals surface area contributed by atoms with Gasteiger partial charge in [-0.15, -0.1) is 0 Å². The monoisotopic (exact) mass is 415 g/mol. The third kappa shape index (κ3) is 4.83. The van der Waals surface area contributed by atoms with Gasteiger partial charge in [0, 0.05) is 39.3 Å². The Kier molecular flexibility index (Phi) is 6.04. The van der Waals surface area contributed by atoms with Crippen molar-refractivity contribution in [2.75, 3.05) is 26.0 Å². The van der Waals surface area contributed by atoms with Crippen molar-refractivity contribution < 1.29 is 18.0 Å². The van der Waals surface area contributed by atoms with E-state index >= 15 is 0 Å². The van der Waals surface area contributed by atoms with Crippen molar-refractivity contribution in [3.8, 4) is 0 Å². The van der Waals surface area contributed by atoms with Crippen LogP contribution in [0, 0.1) is 12.8 Å². The molecular weight excluding hydrogens is 390 g/mol. The third-order valence-electron chi connectivity index (χ3n) is 4.96. The van der Waals surface area contributed by atoms with Gasteiger partial charge in [-0.25, -0.2) is 12.7 Å². The lowest BCUT2D eigenvalue weighted by molar-refractivity contribution is -0.128. The van der Waals surface area contributed by atoms with Crippen molar-refractivity contribution in [2.24, 2.45) is 5.92 Å². The Bertz CT molecular complexity index is 1020. The second-order valence-corrected chi connectivity index (χ2v) is 9.62. The molecule has 3 rings (SSSR count). The molecule has 8 heteroatoms. The van der Waals surface area contributed by atoms with E-state index in [1.54, 1.807) is 17.0 Å². The maximum atomic E-state index is 12.6. The number of nitrogens with zero attached hydrogens (tertiary/aromatic N) is 2. The molecule has 0 radical (unpaired) electrons. The molecular formula is C21H25N3O4S. The third-order valence-corrected chi connectivity index (χ3v) is 6.77. The summed E-state index contributed by atoms with van der Waals surface area (Å²) in [5.41, 5.74) is 2.56. The average Bonchev–Trinajstić information content (AvgIpc) is 3.04. The second kappa shape index (κ2) is 8.34. The number of aryl methyl sites for hydroxylation is 1. The van der Waals surface area contributed by atoms with Crippen molar-refractivity contribution >= 4 is 27.5 Å². The van der Waals surface area contributed by atoms with E-state index < -0.39 is 15.9 Å². The molecule has 1 atom stereocenters. The molecule has 0 bridgehead atoms. The van der Waals surface area contributed by atoms with Gasteiger partial charge in [-0.2, -0.15) is 0 Å². The van der Waals surface area contributed by atoms with Crippen LogP contribution in [0.1, 0.15) is 17.5 Å². The first-order valence-electron chi connectivity index (χ1n) is 9.33. The van der Waals surface area contributed by atoms with Crippen LogP contribution in [-0.2, 0) is 26.2 Å². The first kappa shape index (κ1) is 21.0. The summed E-state index contributed by atoms with van der Waals surface area (Å²) < 4.78 is 25.7. The maximum Gasteiger partial charge on any atom is 0.242 e. The second-order valence-electron chi connectivity index (χ2n) is 7.47. The van der Waals surface area contributed by atoms with E-state index in [0.29, 0.717) is 18.8 Å². The molecule has 29 heavy (non-hydrogen) atoms. The van der Waals surface area contributed by atoms with Crippen molar-refractivity contribution in [2.45, 2.75) is 24.8 Å². The molecule has 1 N–H and O–H groups in total. The van der Waals surface area contributed by atoms with Gasteiger partial charge in [0.15, 0.2) is 0 Å². The lowest BCUT2D eigenvalue weighted by Gasteiger charge is -2.17.